The van der Waals surface area contributed by atoms with Gasteiger partial charge in [-0.25, -0.2) is 0 Å². The van der Waals surface area contributed by atoms with Crippen molar-refractivity contribution in [3.05, 3.63) is 64.7 Å². The number of hydrogen-bond donors (Lipinski definition) is 2. The first-order valence-electron chi connectivity index (χ1n) is 10.5. The number of rotatable bonds is 7. The molecule has 0 fully saturated rings. The first kappa shape index (κ1) is 21.7. The molecular weight excluding hydrogens is 380 g/mol. The van der Waals surface area contributed by atoms with Gasteiger partial charge in [0.05, 0.1) is 6.04 Å². The molecule has 3 rings (SSSR count). The van der Waals surface area contributed by atoms with Crippen LogP contribution in [0.25, 0.3) is 5.57 Å². The second kappa shape index (κ2) is 8.79. The molecular formula is C24H29N2O4-. The van der Waals surface area contributed by atoms with Gasteiger partial charge in [0.1, 0.15) is 11.5 Å². The van der Waals surface area contributed by atoms with Crippen molar-refractivity contribution in [2.45, 2.75) is 33.7 Å². The van der Waals surface area contributed by atoms with Gasteiger partial charge >= 0.3 is 0 Å². The van der Waals surface area contributed by atoms with Crippen LogP contribution < -0.4 is 10.0 Å². The number of carbonyl (C=O) groups is 1. The van der Waals surface area contributed by atoms with Gasteiger partial charge in [0, 0.05) is 47.1 Å². The van der Waals surface area contributed by atoms with E-state index in [1.165, 1.54) is 0 Å². The van der Waals surface area contributed by atoms with E-state index in [1.54, 1.807) is 30.4 Å². The van der Waals surface area contributed by atoms with Crippen molar-refractivity contribution in [3.8, 4) is 5.75 Å². The molecule has 2 aliphatic rings. The Hall–Kier alpha value is -2.99. The number of phenols is 1. The number of benzene rings is 1. The lowest BCUT2D eigenvalue weighted by atomic mass is 9.79. The van der Waals surface area contributed by atoms with Crippen molar-refractivity contribution in [1.82, 2.24) is 4.90 Å². The molecule has 0 radical (unpaired) electrons. The highest BCUT2D eigenvalue weighted by Crippen LogP contribution is 2.42. The highest BCUT2D eigenvalue weighted by Gasteiger charge is 2.34. The number of carbonyl (C=O) groups excluding carboxylic acids is 1. The zero-order valence-electron chi connectivity index (χ0n) is 18.0. The number of aromatic hydroxyl groups is 1. The first-order chi connectivity index (χ1) is 14.4. The van der Waals surface area contributed by atoms with Crippen molar-refractivity contribution in [2.75, 3.05) is 31.1 Å². The van der Waals surface area contributed by atoms with Crippen LogP contribution in [0, 0.1) is 0 Å². The molecule has 2 N–H and O–H groups in total. The first-order valence-corrected chi connectivity index (χ1v) is 10.5. The zero-order valence-corrected chi connectivity index (χ0v) is 18.0. The number of Topliss-reactive ketones (excluding diaryl/α,β-unsaturated/α-hetero) is 1. The number of hydrogen-bond acceptors (Lipinski definition) is 6. The van der Waals surface area contributed by atoms with Crippen LogP contribution in [0.1, 0.15) is 33.3 Å². The maximum Gasteiger partial charge on any atom is 0.193 e. The van der Waals surface area contributed by atoms with E-state index in [1.807, 2.05) is 33.8 Å². The molecule has 1 aromatic rings. The summed E-state index contributed by atoms with van der Waals surface area (Å²) in [7, 11) is 0. The molecule has 0 aromatic heterocycles. The molecule has 0 bridgehead atoms. The molecule has 6 nitrogen and oxygen atoms in total. The van der Waals surface area contributed by atoms with Crippen molar-refractivity contribution in [2.24, 2.45) is 0 Å². The van der Waals surface area contributed by atoms with Crippen molar-refractivity contribution in [3.63, 3.8) is 0 Å². The lowest BCUT2D eigenvalue weighted by molar-refractivity contribution is -0.297. The highest BCUT2D eigenvalue weighted by molar-refractivity contribution is 6.39. The lowest BCUT2D eigenvalue weighted by Gasteiger charge is -2.34. The van der Waals surface area contributed by atoms with E-state index >= 15 is 0 Å². The van der Waals surface area contributed by atoms with E-state index in [4.69, 9.17) is 0 Å². The Morgan fingerprint density at radius 2 is 1.67 bits per heavy atom. The highest BCUT2D eigenvalue weighted by atomic mass is 16.3. The number of ketones is 1. The third-order valence-corrected chi connectivity index (χ3v) is 5.86. The molecule has 160 valence electrons. The molecule has 6 heteroatoms. The van der Waals surface area contributed by atoms with Crippen LogP contribution in [0.15, 0.2) is 59.1 Å². The molecule has 1 aromatic carbocycles. The summed E-state index contributed by atoms with van der Waals surface area (Å²) in [6, 6.07) is 4.91. The van der Waals surface area contributed by atoms with Gasteiger partial charge < -0.3 is 20.2 Å². The number of anilines is 1. The maximum atomic E-state index is 12.8. The smallest absolute Gasteiger partial charge is 0.193 e. The summed E-state index contributed by atoms with van der Waals surface area (Å²) >= 11 is 0. The van der Waals surface area contributed by atoms with Gasteiger partial charge in [-0.3, -0.25) is 9.69 Å². The topological polar surface area (TPSA) is 87.1 Å². The summed E-state index contributed by atoms with van der Waals surface area (Å²) < 4.78 is 0. The van der Waals surface area contributed by atoms with Crippen molar-refractivity contribution < 1.29 is 20.1 Å². The third kappa shape index (κ3) is 3.63. The summed E-state index contributed by atoms with van der Waals surface area (Å²) in [5.74, 6) is -1.06. The van der Waals surface area contributed by atoms with Crippen LogP contribution in [-0.4, -0.2) is 53.1 Å². The molecule has 0 saturated heterocycles. The molecule has 1 unspecified atom stereocenters. The van der Waals surface area contributed by atoms with Crippen molar-refractivity contribution in [1.29, 1.82) is 0 Å². The Kier molecular flexibility index (Phi) is 6.37. The molecule has 0 aliphatic heterocycles. The van der Waals surface area contributed by atoms with E-state index in [0.29, 0.717) is 0 Å². The van der Waals surface area contributed by atoms with Gasteiger partial charge in [-0.2, -0.15) is 0 Å². The molecule has 0 saturated carbocycles. The van der Waals surface area contributed by atoms with Gasteiger partial charge in [0.25, 0.3) is 0 Å². The van der Waals surface area contributed by atoms with Crippen LogP contribution >= 0.6 is 0 Å². The van der Waals surface area contributed by atoms with E-state index < -0.39 is 11.5 Å². The fraction of sp³-hybridized carbons (Fsp3) is 0.375. The zero-order chi connectivity index (χ0) is 22.0. The summed E-state index contributed by atoms with van der Waals surface area (Å²) in [4.78, 5) is 17.0. The Balaban J connectivity index is 1.95. The summed E-state index contributed by atoms with van der Waals surface area (Å²) in [5.41, 5.74) is 1.25. The summed E-state index contributed by atoms with van der Waals surface area (Å²) in [5, 5.41) is 33.7. The molecule has 0 amide bonds. The standard InChI is InChI=1S/C24H30N2O4/c1-5-25(6-2)15-9-11-17(19(27)13-15)21-23(29)22(24(21)30)18-12-10-16(14-20(18)28)26(7-3)8-4/h9-15,27-29H,5-8H2,1-4H3/p-1/b21-17-. The predicted octanol–water partition coefficient (Wildman–Crippen LogP) is 2.91. The summed E-state index contributed by atoms with van der Waals surface area (Å²) in [6.45, 7) is 11.3. The van der Waals surface area contributed by atoms with Crippen LogP contribution in [0.4, 0.5) is 5.69 Å². The van der Waals surface area contributed by atoms with Gasteiger partial charge in [-0.15, -0.1) is 0 Å². The third-order valence-electron chi connectivity index (χ3n) is 5.86. The number of likely N-dealkylation sites (N-methyl/N-ethyl adjacent to an activating group) is 1. The van der Waals surface area contributed by atoms with E-state index in [2.05, 4.69) is 9.80 Å². The normalized spacial score (nSPS) is 21.2. The van der Waals surface area contributed by atoms with E-state index in [-0.39, 0.29) is 39.8 Å². The van der Waals surface area contributed by atoms with Crippen LogP contribution in [0.3, 0.4) is 0 Å². The van der Waals surface area contributed by atoms with E-state index in [9.17, 15) is 20.1 Å². The monoisotopic (exact) mass is 409 g/mol. The van der Waals surface area contributed by atoms with E-state index in [0.717, 1.165) is 31.9 Å². The Labute approximate surface area is 177 Å². The maximum absolute atomic E-state index is 12.8. The Morgan fingerprint density at radius 1 is 1.00 bits per heavy atom. The van der Waals surface area contributed by atoms with Gasteiger partial charge in [0.2, 0.25) is 0 Å². The average Bonchev–Trinajstić information content (AvgIpc) is 2.73. The minimum atomic E-state index is -0.452. The fourth-order valence-electron chi connectivity index (χ4n) is 4.07. The molecule has 0 spiro atoms. The number of nitrogens with zero attached hydrogens (tertiary/aromatic N) is 2. The number of phenolic OH excluding ortho intramolecular Hbond substituents is 1. The summed E-state index contributed by atoms with van der Waals surface area (Å²) in [6.07, 6.45) is 5.18. The number of aliphatic hydroxyl groups is 1. The Morgan fingerprint density at radius 3 is 2.17 bits per heavy atom. The molecule has 0 heterocycles. The second-order valence-electron chi connectivity index (χ2n) is 7.32. The predicted molar refractivity (Wildman–Crippen MR) is 117 cm³/mol. The van der Waals surface area contributed by atoms with Gasteiger partial charge in [-0.05, 0) is 45.1 Å². The number of allylic oxidation sites excluding steroid dienone is 3. The van der Waals surface area contributed by atoms with Gasteiger partial charge in [-0.1, -0.05) is 31.8 Å². The van der Waals surface area contributed by atoms with Crippen LogP contribution in [-0.2, 0) is 4.79 Å². The SMILES string of the molecule is CCN(CC)c1ccc(C2=C([O-])/C(=C3\C=CC(N(CC)CC)C=C3O)C2=O)c(O)c1. The number of aliphatic hydroxyl groups excluding tert-OH is 1. The fourth-order valence-corrected chi connectivity index (χ4v) is 4.07. The van der Waals surface area contributed by atoms with Crippen molar-refractivity contribution >= 4 is 17.0 Å². The minimum Gasteiger partial charge on any atom is -0.871 e. The second-order valence-corrected chi connectivity index (χ2v) is 7.32. The molecule has 30 heavy (non-hydrogen) atoms. The quantitative estimate of drug-likeness (QED) is 0.674. The Bertz CT molecular complexity index is 963. The van der Waals surface area contributed by atoms with Crippen LogP contribution in [0.2, 0.25) is 0 Å². The lowest BCUT2D eigenvalue weighted by Crippen LogP contribution is -2.34. The molecule has 1 atom stereocenters. The minimum absolute atomic E-state index is 0.0276. The average molecular weight is 410 g/mol. The molecule has 2 aliphatic carbocycles. The van der Waals surface area contributed by atoms with Gasteiger partial charge in [0.15, 0.2) is 5.78 Å². The van der Waals surface area contributed by atoms with Crippen LogP contribution in [0.5, 0.6) is 5.75 Å². The largest absolute Gasteiger partial charge is 0.871 e.